The smallest absolute Gasteiger partial charge is 0.246 e. The van der Waals surface area contributed by atoms with Crippen molar-refractivity contribution in [3.8, 4) is 0 Å². The Balaban J connectivity index is 2.87. The van der Waals surface area contributed by atoms with E-state index < -0.39 is 0 Å². The zero-order valence-electron chi connectivity index (χ0n) is 12.9. The average Bonchev–Trinajstić information content (AvgIpc) is 2.41. The maximum Gasteiger partial charge on any atom is 0.246 e. The third-order valence-electron chi connectivity index (χ3n) is 4.62. The summed E-state index contributed by atoms with van der Waals surface area (Å²) in [4.78, 5) is 26.2. The van der Waals surface area contributed by atoms with E-state index in [0.29, 0.717) is 5.92 Å². The lowest BCUT2D eigenvalue weighted by atomic mass is 9.90. The van der Waals surface area contributed by atoms with Crippen LogP contribution in [0, 0.1) is 11.8 Å². The van der Waals surface area contributed by atoms with Gasteiger partial charge in [0.2, 0.25) is 11.8 Å². The molecule has 0 aromatic rings. The second-order valence-corrected chi connectivity index (χ2v) is 5.71. The van der Waals surface area contributed by atoms with Gasteiger partial charge in [0.1, 0.15) is 6.04 Å². The summed E-state index contributed by atoms with van der Waals surface area (Å²) in [7, 11) is 0. The van der Waals surface area contributed by atoms with Crippen LogP contribution in [0.1, 0.15) is 53.9 Å². The van der Waals surface area contributed by atoms with Gasteiger partial charge >= 0.3 is 0 Å². The first-order chi connectivity index (χ1) is 8.96. The molecule has 1 heterocycles. The van der Waals surface area contributed by atoms with Crippen LogP contribution < -0.4 is 5.32 Å². The molecule has 1 rings (SSSR count). The normalized spacial score (nSPS) is 23.5. The van der Waals surface area contributed by atoms with Gasteiger partial charge in [0.05, 0.1) is 6.54 Å². The van der Waals surface area contributed by atoms with E-state index in [1.54, 1.807) is 4.90 Å². The lowest BCUT2D eigenvalue weighted by molar-refractivity contribution is -0.149. The molecule has 0 aromatic carbocycles. The second kappa shape index (κ2) is 6.92. The monoisotopic (exact) mass is 268 g/mol. The number of carbonyl (C=O) groups is 2. The molecular weight excluding hydrogens is 240 g/mol. The Kier molecular flexibility index (Phi) is 5.83. The lowest BCUT2D eigenvalue weighted by Gasteiger charge is -2.41. The molecule has 0 aliphatic carbocycles. The molecule has 3 unspecified atom stereocenters. The van der Waals surface area contributed by atoms with Gasteiger partial charge in [-0.25, -0.2) is 0 Å². The van der Waals surface area contributed by atoms with E-state index in [1.165, 1.54) is 0 Å². The van der Waals surface area contributed by atoms with E-state index in [4.69, 9.17) is 0 Å². The standard InChI is InChI=1S/C15H28N2O2/c1-6-10(4)14-15(19)17(9-13(18)16-14)11(5)12(7-2)8-3/h10-12,14H,6-9H2,1-5H3,(H,16,18). The molecular formula is C15H28N2O2. The summed E-state index contributed by atoms with van der Waals surface area (Å²) in [6, 6.07) is -0.205. The minimum absolute atomic E-state index is 0.0253. The summed E-state index contributed by atoms with van der Waals surface area (Å²) in [6.45, 7) is 10.6. The highest BCUT2D eigenvalue weighted by molar-refractivity contribution is 5.95. The molecule has 110 valence electrons. The summed E-state index contributed by atoms with van der Waals surface area (Å²) >= 11 is 0. The zero-order valence-corrected chi connectivity index (χ0v) is 12.9. The average molecular weight is 268 g/mol. The molecule has 0 spiro atoms. The summed E-state index contributed by atoms with van der Waals surface area (Å²) in [5.74, 6) is 0.719. The maximum absolute atomic E-state index is 12.6. The molecule has 1 aliphatic heterocycles. The molecule has 4 nitrogen and oxygen atoms in total. The van der Waals surface area contributed by atoms with E-state index >= 15 is 0 Å². The van der Waals surface area contributed by atoms with Gasteiger partial charge < -0.3 is 10.2 Å². The second-order valence-electron chi connectivity index (χ2n) is 5.71. The first kappa shape index (κ1) is 16.0. The first-order valence-corrected chi connectivity index (χ1v) is 7.55. The highest BCUT2D eigenvalue weighted by Crippen LogP contribution is 2.22. The number of piperazine rings is 1. The van der Waals surface area contributed by atoms with Gasteiger partial charge in [-0.3, -0.25) is 9.59 Å². The number of hydrogen-bond acceptors (Lipinski definition) is 2. The largest absolute Gasteiger partial charge is 0.342 e. The Morgan fingerprint density at radius 1 is 1.16 bits per heavy atom. The Bertz CT molecular complexity index is 326. The molecule has 1 N–H and O–H groups in total. The van der Waals surface area contributed by atoms with Crippen LogP contribution in [0.2, 0.25) is 0 Å². The van der Waals surface area contributed by atoms with Crippen LogP contribution in [0.3, 0.4) is 0 Å². The Hall–Kier alpha value is -1.06. The van der Waals surface area contributed by atoms with Crippen LogP contribution in [-0.2, 0) is 9.59 Å². The Labute approximate surface area is 116 Å². The maximum atomic E-state index is 12.6. The fraction of sp³-hybridized carbons (Fsp3) is 0.867. The highest BCUT2D eigenvalue weighted by Gasteiger charge is 2.38. The molecule has 4 heteroatoms. The minimum Gasteiger partial charge on any atom is -0.342 e. The van der Waals surface area contributed by atoms with E-state index in [-0.39, 0.29) is 36.4 Å². The minimum atomic E-state index is -0.344. The third kappa shape index (κ3) is 3.48. The van der Waals surface area contributed by atoms with Gasteiger partial charge in [0.25, 0.3) is 0 Å². The fourth-order valence-electron chi connectivity index (χ4n) is 2.88. The van der Waals surface area contributed by atoms with Crippen LogP contribution in [0.25, 0.3) is 0 Å². The summed E-state index contributed by atoms with van der Waals surface area (Å²) in [6.07, 6.45) is 2.97. The van der Waals surface area contributed by atoms with Crippen LogP contribution in [0.15, 0.2) is 0 Å². The van der Waals surface area contributed by atoms with Gasteiger partial charge in [-0.15, -0.1) is 0 Å². The predicted octanol–water partition coefficient (Wildman–Crippen LogP) is 2.18. The predicted molar refractivity (Wildman–Crippen MR) is 76.6 cm³/mol. The SMILES string of the molecule is CCC(C)C1NC(=O)CN(C(C)C(CC)CC)C1=O. The fourth-order valence-corrected chi connectivity index (χ4v) is 2.88. The number of hydrogen-bond donors (Lipinski definition) is 1. The van der Waals surface area contributed by atoms with Crippen molar-refractivity contribution >= 4 is 11.8 Å². The van der Waals surface area contributed by atoms with E-state index in [9.17, 15) is 9.59 Å². The van der Waals surface area contributed by atoms with Gasteiger partial charge in [-0.2, -0.15) is 0 Å². The molecule has 1 saturated heterocycles. The molecule has 0 radical (unpaired) electrons. The molecule has 0 bridgehead atoms. The topological polar surface area (TPSA) is 49.4 Å². The number of nitrogens with one attached hydrogen (secondary N) is 1. The summed E-state index contributed by atoms with van der Waals surface area (Å²) < 4.78 is 0. The van der Waals surface area contributed by atoms with Crippen LogP contribution in [0.5, 0.6) is 0 Å². The lowest BCUT2D eigenvalue weighted by Crippen LogP contribution is -2.62. The van der Waals surface area contributed by atoms with Crippen molar-refractivity contribution in [1.82, 2.24) is 10.2 Å². The molecule has 0 saturated carbocycles. The molecule has 19 heavy (non-hydrogen) atoms. The van der Waals surface area contributed by atoms with Crippen molar-refractivity contribution in [2.24, 2.45) is 11.8 Å². The Morgan fingerprint density at radius 3 is 2.21 bits per heavy atom. The van der Waals surface area contributed by atoms with Crippen LogP contribution >= 0.6 is 0 Å². The van der Waals surface area contributed by atoms with Crippen LogP contribution in [-0.4, -0.2) is 35.3 Å². The summed E-state index contributed by atoms with van der Waals surface area (Å²) in [5, 5.41) is 2.85. The third-order valence-corrected chi connectivity index (χ3v) is 4.62. The van der Waals surface area contributed by atoms with Crippen molar-refractivity contribution in [3.05, 3.63) is 0 Å². The number of rotatable bonds is 6. The van der Waals surface area contributed by atoms with Crippen molar-refractivity contribution in [2.45, 2.75) is 66.0 Å². The number of amides is 2. The van der Waals surface area contributed by atoms with E-state index in [2.05, 4.69) is 26.1 Å². The van der Waals surface area contributed by atoms with Crippen LogP contribution in [0.4, 0.5) is 0 Å². The van der Waals surface area contributed by atoms with E-state index in [0.717, 1.165) is 19.3 Å². The quantitative estimate of drug-likeness (QED) is 0.802. The summed E-state index contributed by atoms with van der Waals surface area (Å²) in [5.41, 5.74) is 0. The molecule has 0 aromatic heterocycles. The number of nitrogens with zero attached hydrogens (tertiary/aromatic N) is 1. The van der Waals surface area contributed by atoms with Gasteiger partial charge in [-0.1, -0.05) is 47.0 Å². The van der Waals surface area contributed by atoms with Crippen molar-refractivity contribution in [2.75, 3.05) is 6.54 Å². The molecule has 3 atom stereocenters. The van der Waals surface area contributed by atoms with Gasteiger partial charge in [0.15, 0.2) is 0 Å². The van der Waals surface area contributed by atoms with E-state index in [1.807, 2.05) is 13.8 Å². The number of carbonyl (C=O) groups excluding carboxylic acids is 2. The zero-order chi connectivity index (χ0) is 14.6. The van der Waals surface area contributed by atoms with Crippen molar-refractivity contribution < 1.29 is 9.59 Å². The molecule has 2 amide bonds. The molecule has 1 fully saturated rings. The van der Waals surface area contributed by atoms with Gasteiger partial charge in [0, 0.05) is 6.04 Å². The van der Waals surface area contributed by atoms with Crippen molar-refractivity contribution in [1.29, 1.82) is 0 Å². The highest BCUT2D eigenvalue weighted by atomic mass is 16.2. The molecule has 1 aliphatic rings. The van der Waals surface area contributed by atoms with Gasteiger partial charge in [-0.05, 0) is 18.8 Å². The van der Waals surface area contributed by atoms with Crippen molar-refractivity contribution in [3.63, 3.8) is 0 Å². The first-order valence-electron chi connectivity index (χ1n) is 7.55. The Morgan fingerprint density at radius 2 is 1.74 bits per heavy atom.